The van der Waals surface area contributed by atoms with Gasteiger partial charge in [-0.05, 0) is 54.0 Å². The number of aryl methyl sites for hydroxylation is 2. The number of sulfone groups is 1. The molecule has 0 N–H and O–H groups in total. The van der Waals surface area contributed by atoms with Crippen LogP contribution in [0.2, 0.25) is 0 Å². The highest BCUT2D eigenvalue weighted by atomic mass is 79.9. The number of aromatic nitrogens is 2. The zero-order valence-corrected chi connectivity index (χ0v) is 15.3. The fourth-order valence-electron chi connectivity index (χ4n) is 1.94. The summed E-state index contributed by atoms with van der Waals surface area (Å²) in [6.45, 7) is 4.87. The molecule has 0 fully saturated rings. The Kier molecular flexibility index (Phi) is 5.16. The molecule has 2 aromatic rings. The van der Waals surface area contributed by atoms with Crippen molar-refractivity contribution in [3.63, 3.8) is 0 Å². The topological polar surface area (TPSA) is 52.0 Å². The van der Waals surface area contributed by atoms with Gasteiger partial charge in [-0.15, -0.1) is 11.8 Å². The summed E-state index contributed by atoms with van der Waals surface area (Å²) in [5.41, 5.74) is 2.13. The van der Waals surface area contributed by atoms with Gasteiger partial charge in [-0.1, -0.05) is 0 Å². The van der Waals surface area contributed by atoms with E-state index in [1.54, 1.807) is 23.9 Å². The molecule has 0 unspecified atom stereocenters. The fourth-order valence-corrected chi connectivity index (χ4v) is 4.11. The van der Waals surface area contributed by atoms with Crippen molar-refractivity contribution < 1.29 is 8.42 Å². The summed E-state index contributed by atoms with van der Waals surface area (Å²) in [7, 11) is -3.13. The first-order valence-corrected chi connectivity index (χ1v) is 10.1. The fraction of sp³-hybridized carbons (Fsp3) is 0.357. The van der Waals surface area contributed by atoms with Crippen LogP contribution in [-0.4, -0.2) is 24.5 Å². The van der Waals surface area contributed by atoms with E-state index in [0.29, 0.717) is 4.90 Å². The maximum Gasteiger partial charge on any atom is 0.175 e. The van der Waals surface area contributed by atoms with Crippen LogP contribution in [0, 0.1) is 6.92 Å². The van der Waals surface area contributed by atoms with E-state index < -0.39 is 9.84 Å². The summed E-state index contributed by atoms with van der Waals surface area (Å²) in [6, 6.07) is 6.98. The van der Waals surface area contributed by atoms with Crippen LogP contribution in [0.4, 0.5) is 0 Å². The maximum atomic E-state index is 11.4. The van der Waals surface area contributed by atoms with Gasteiger partial charge in [0.1, 0.15) is 0 Å². The molecule has 0 saturated carbocycles. The first kappa shape index (κ1) is 16.6. The Hall–Kier alpha value is -0.790. The van der Waals surface area contributed by atoms with Gasteiger partial charge < -0.3 is 0 Å². The molecular formula is C14H17BrN2O2S2. The van der Waals surface area contributed by atoms with Gasteiger partial charge >= 0.3 is 0 Å². The number of hydrogen-bond acceptors (Lipinski definition) is 4. The van der Waals surface area contributed by atoms with E-state index in [1.165, 1.54) is 6.26 Å². The Morgan fingerprint density at radius 1 is 1.29 bits per heavy atom. The van der Waals surface area contributed by atoms with Gasteiger partial charge in [-0.25, -0.2) is 8.42 Å². The van der Waals surface area contributed by atoms with Crippen molar-refractivity contribution in [2.75, 3.05) is 6.26 Å². The second kappa shape index (κ2) is 6.54. The van der Waals surface area contributed by atoms with Crippen molar-refractivity contribution in [1.82, 2.24) is 9.78 Å². The highest BCUT2D eigenvalue weighted by molar-refractivity contribution is 9.10. The van der Waals surface area contributed by atoms with Crippen molar-refractivity contribution >= 4 is 37.5 Å². The van der Waals surface area contributed by atoms with Crippen LogP contribution in [0.1, 0.15) is 18.3 Å². The molecule has 1 heterocycles. The van der Waals surface area contributed by atoms with Gasteiger partial charge in [0.25, 0.3) is 0 Å². The Labute approximate surface area is 138 Å². The molecule has 0 saturated heterocycles. The molecule has 0 aliphatic heterocycles. The van der Waals surface area contributed by atoms with E-state index in [4.69, 9.17) is 0 Å². The van der Waals surface area contributed by atoms with Crippen LogP contribution >= 0.6 is 27.7 Å². The summed E-state index contributed by atoms with van der Waals surface area (Å²) in [5, 5.41) is 4.46. The van der Waals surface area contributed by atoms with Crippen LogP contribution in [0.25, 0.3) is 0 Å². The summed E-state index contributed by atoms with van der Waals surface area (Å²) in [6.07, 6.45) is 1.22. The van der Waals surface area contributed by atoms with E-state index in [2.05, 4.69) is 28.0 Å². The lowest BCUT2D eigenvalue weighted by Gasteiger charge is -2.06. The minimum Gasteiger partial charge on any atom is -0.268 e. The highest BCUT2D eigenvalue weighted by Crippen LogP contribution is 2.29. The molecular weight excluding hydrogens is 372 g/mol. The number of hydrogen-bond donors (Lipinski definition) is 0. The minimum absolute atomic E-state index is 0.350. The molecule has 21 heavy (non-hydrogen) atoms. The summed E-state index contributed by atoms with van der Waals surface area (Å²) in [4.78, 5) is 1.39. The van der Waals surface area contributed by atoms with Crippen LogP contribution in [0.15, 0.2) is 38.5 Å². The highest BCUT2D eigenvalue weighted by Gasteiger charge is 2.12. The van der Waals surface area contributed by atoms with E-state index in [0.717, 1.165) is 33.1 Å². The van der Waals surface area contributed by atoms with E-state index in [-0.39, 0.29) is 0 Å². The van der Waals surface area contributed by atoms with Gasteiger partial charge in [0.15, 0.2) is 9.84 Å². The third-order valence-electron chi connectivity index (χ3n) is 3.08. The normalized spacial score (nSPS) is 11.8. The Morgan fingerprint density at radius 2 is 1.90 bits per heavy atom. The van der Waals surface area contributed by atoms with Crippen LogP contribution < -0.4 is 0 Å². The van der Waals surface area contributed by atoms with Crippen molar-refractivity contribution in [3.05, 3.63) is 40.1 Å². The average Bonchev–Trinajstić information content (AvgIpc) is 2.71. The molecule has 0 bridgehead atoms. The zero-order chi connectivity index (χ0) is 15.6. The lowest BCUT2D eigenvalue weighted by molar-refractivity contribution is 0.602. The Morgan fingerprint density at radius 3 is 2.43 bits per heavy atom. The molecule has 0 amide bonds. The molecule has 0 radical (unpaired) electrons. The second-order valence-corrected chi connectivity index (χ2v) is 8.55. The van der Waals surface area contributed by atoms with E-state index in [9.17, 15) is 8.42 Å². The molecule has 0 aliphatic carbocycles. The first-order valence-electron chi connectivity index (χ1n) is 6.47. The van der Waals surface area contributed by atoms with Crippen molar-refractivity contribution in [3.8, 4) is 0 Å². The second-order valence-electron chi connectivity index (χ2n) is 4.69. The van der Waals surface area contributed by atoms with Crippen LogP contribution in [0.5, 0.6) is 0 Å². The number of nitrogens with zero attached hydrogens (tertiary/aromatic N) is 2. The lowest BCUT2D eigenvalue weighted by Crippen LogP contribution is -2.01. The first-order chi connectivity index (χ1) is 9.82. The standard InChI is InChI=1S/C14H17BrN2O2S2/c1-4-17-13(14(15)10(2)16-17)9-20-11-5-7-12(8-6-11)21(3,18)19/h5-8H,4,9H2,1-3H3. The molecule has 7 heteroatoms. The van der Waals surface area contributed by atoms with Gasteiger partial charge in [0, 0.05) is 23.4 Å². The minimum atomic E-state index is -3.13. The number of halogens is 1. The maximum absolute atomic E-state index is 11.4. The van der Waals surface area contributed by atoms with Gasteiger partial charge in [0.05, 0.1) is 20.8 Å². The predicted octanol–water partition coefficient (Wildman–Crippen LogP) is 3.67. The van der Waals surface area contributed by atoms with E-state index in [1.807, 2.05) is 23.7 Å². The Balaban J connectivity index is 2.14. The number of thioether (sulfide) groups is 1. The molecule has 114 valence electrons. The smallest absolute Gasteiger partial charge is 0.175 e. The van der Waals surface area contributed by atoms with Crippen molar-refractivity contribution in [1.29, 1.82) is 0 Å². The third kappa shape index (κ3) is 3.90. The summed E-state index contributed by atoms with van der Waals surface area (Å²) < 4.78 is 25.9. The third-order valence-corrected chi connectivity index (χ3v) is 6.26. The van der Waals surface area contributed by atoms with Crippen LogP contribution in [0.3, 0.4) is 0 Å². The zero-order valence-electron chi connectivity index (χ0n) is 12.1. The van der Waals surface area contributed by atoms with E-state index >= 15 is 0 Å². The molecule has 4 nitrogen and oxygen atoms in total. The monoisotopic (exact) mass is 388 g/mol. The van der Waals surface area contributed by atoms with Gasteiger partial charge in [-0.3, -0.25) is 4.68 Å². The molecule has 2 rings (SSSR count). The summed E-state index contributed by atoms with van der Waals surface area (Å²) >= 11 is 5.24. The molecule has 1 aromatic heterocycles. The number of rotatable bonds is 5. The lowest BCUT2D eigenvalue weighted by atomic mass is 10.4. The quantitative estimate of drug-likeness (QED) is 0.733. The molecule has 1 aromatic carbocycles. The molecule has 0 atom stereocenters. The van der Waals surface area contributed by atoms with Crippen molar-refractivity contribution in [2.45, 2.75) is 35.9 Å². The average molecular weight is 389 g/mol. The number of benzene rings is 1. The van der Waals surface area contributed by atoms with Gasteiger partial charge in [-0.2, -0.15) is 5.10 Å². The summed E-state index contributed by atoms with van der Waals surface area (Å²) in [5.74, 6) is 0.785. The SMILES string of the molecule is CCn1nc(C)c(Br)c1CSc1ccc(S(C)(=O)=O)cc1. The van der Waals surface area contributed by atoms with Crippen LogP contribution in [-0.2, 0) is 22.1 Å². The molecule has 0 spiro atoms. The molecule has 0 aliphatic rings. The predicted molar refractivity (Wildman–Crippen MR) is 89.5 cm³/mol. The van der Waals surface area contributed by atoms with Crippen molar-refractivity contribution in [2.24, 2.45) is 0 Å². The Bertz CT molecular complexity index is 737. The van der Waals surface area contributed by atoms with Gasteiger partial charge in [0.2, 0.25) is 0 Å². The largest absolute Gasteiger partial charge is 0.268 e.